The lowest BCUT2D eigenvalue weighted by Gasteiger charge is -2.22. The van der Waals surface area contributed by atoms with Crippen molar-refractivity contribution in [3.8, 4) is 17.2 Å². The van der Waals surface area contributed by atoms with Gasteiger partial charge in [0.05, 0.1) is 14.2 Å². The molecular weight excluding hydrogens is 331 g/mol. The van der Waals surface area contributed by atoms with Crippen molar-refractivity contribution >= 4 is 18.8 Å². The van der Waals surface area contributed by atoms with E-state index in [-0.39, 0.29) is 0 Å². The third-order valence-electron chi connectivity index (χ3n) is 3.77. The summed E-state index contributed by atoms with van der Waals surface area (Å²) in [6, 6.07) is 24.4. The van der Waals surface area contributed by atoms with E-state index in [4.69, 9.17) is 14.0 Å². The van der Waals surface area contributed by atoms with Crippen molar-refractivity contribution in [2.24, 2.45) is 0 Å². The Morgan fingerprint density at radius 3 is 1.52 bits per heavy atom. The molecule has 3 rings (SSSR count). The summed E-state index contributed by atoms with van der Waals surface area (Å²) in [5, 5.41) is 2.27. The van der Waals surface area contributed by atoms with Crippen LogP contribution >= 0.6 is 8.15 Å². The van der Waals surface area contributed by atoms with E-state index in [0.29, 0.717) is 17.2 Å². The zero-order valence-electron chi connectivity index (χ0n) is 14.6. The molecule has 0 heterocycles. The summed E-state index contributed by atoms with van der Waals surface area (Å²) in [4.78, 5) is 0. The first-order chi connectivity index (χ1) is 12.2. The minimum atomic E-state index is -1.04. The van der Waals surface area contributed by atoms with E-state index in [2.05, 4.69) is 24.3 Å². The van der Waals surface area contributed by atoms with Gasteiger partial charge >= 0.3 is 0 Å². The molecule has 3 nitrogen and oxygen atoms in total. The predicted molar refractivity (Wildman–Crippen MR) is 104 cm³/mol. The Kier molecular flexibility index (Phi) is 5.57. The fourth-order valence-corrected chi connectivity index (χ4v) is 4.33. The minimum absolute atomic E-state index is 0.634. The van der Waals surface area contributed by atoms with E-state index >= 15 is 0 Å². The molecule has 0 saturated heterocycles. The second-order valence-electron chi connectivity index (χ2n) is 5.56. The molecule has 3 aromatic carbocycles. The maximum atomic E-state index is 6.50. The van der Waals surface area contributed by atoms with Gasteiger partial charge in [-0.2, -0.15) is 0 Å². The van der Waals surface area contributed by atoms with Crippen molar-refractivity contribution in [3.05, 3.63) is 78.4 Å². The predicted octanol–water partition coefficient (Wildman–Crippen LogP) is 4.44. The zero-order valence-corrected chi connectivity index (χ0v) is 15.5. The Morgan fingerprint density at radius 2 is 1.12 bits per heavy atom. The Morgan fingerprint density at radius 1 is 0.680 bits per heavy atom. The van der Waals surface area contributed by atoms with E-state index < -0.39 is 8.15 Å². The second kappa shape index (κ2) is 8.04. The molecule has 0 spiro atoms. The van der Waals surface area contributed by atoms with Gasteiger partial charge in [-0.3, -0.25) is 0 Å². The minimum Gasteiger partial charge on any atom is -0.493 e. The average Bonchev–Trinajstić information content (AvgIpc) is 2.67. The van der Waals surface area contributed by atoms with Gasteiger partial charge in [0.1, 0.15) is 0 Å². The number of hydrogen-bond donors (Lipinski definition) is 0. The van der Waals surface area contributed by atoms with Crippen LogP contribution in [-0.4, -0.2) is 14.2 Å². The van der Waals surface area contributed by atoms with Gasteiger partial charge in [0.15, 0.2) is 19.6 Å². The quantitative estimate of drug-likeness (QED) is 0.614. The van der Waals surface area contributed by atoms with Crippen molar-refractivity contribution in [2.45, 2.75) is 6.92 Å². The number of aryl methyl sites for hydroxylation is 1. The molecule has 0 bridgehead atoms. The largest absolute Gasteiger partial charge is 0.493 e. The first-order valence-corrected chi connectivity index (χ1v) is 9.29. The van der Waals surface area contributed by atoms with Crippen LogP contribution in [0.3, 0.4) is 0 Å². The Hall–Kier alpha value is -2.51. The standard InChI is InChI=1S/C21H21O3P/c1-16-14-19(22-2)21(20(15-16)23-3)24-25(17-10-6-4-7-11-17)18-12-8-5-9-13-18/h4-15H,1-3H3. The molecular formula is C21H21O3P. The normalized spacial score (nSPS) is 10.6. The van der Waals surface area contributed by atoms with Crippen LogP contribution in [0.1, 0.15) is 5.56 Å². The van der Waals surface area contributed by atoms with Gasteiger partial charge in [0.2, 0.25) is 5.75 Å². The maximum absolute atomic E-state index is 6.50. The summed E-state index contributed by atoms with van der Waals surface area (Å²) >= 11 is 0. The number of ether oxygens (including phenoxy) is 2. The molecule has 25 heavy (non-hydrogen) atoms. The number of rotatable bonds is 6. The number of benzene rings is 3. The van der Waals surface area contributed by atoms with Gasteiger partial charge in [-0.1, -0.05) is 60.7 Å². The van der Waals surface area contributed by atoms with Crippen molar-refractivity contribution in [2.75, 3.05) is 14.2 Å². The van der Waals surface area contributed by atoms with Crippen LogP contribution in [0.25, 0.3) is 0 Å². The molecule has 0 unspecified atom stereocenters. The topological polar surface area (TPSA) is 27.7 Å². The summed E-state index contributed by atoms with van der Waals surface area (Å²) < 4.78 is 17.6. The molecule has 0 aliphatic rings. The third kappa shape index (κ3) is 3.94. The highest BCUT2D eigenvalue weighted by molar-refractivity contribution is 7.68. The lowest BCUT2D eigenvalue weighted by atomic mass is 10.2. The van der Waals surface area contributed by atoms with E-state index in [1.807, 2.05) is 55.5 Å². The van der Waals surface area contributed by atoms with Gasteiger partial charge in [-0.25, -0.2) is 0 Å². The molecule has 0 aliphatic carbocycles. The van der Waals surface area contributed by atoms with Crippen molar-refractivity contribution < 1.29 is 14.0 Å². The fraction of sp³-hybridized carbons (Fsp3) is 0.143. The van der Waals surface area contributed by atoms with Crippen LogP contribution in [0.4, 0.5) is 0 Å². The SMILES string of the molecule is COc1cc(C)cc(OC)c1OP(c1ccccc1)c1ccccc1. The van der Waals surface area contributed by atoms with Gasteiger partial charge in [-0.05, 0) is 24.6 Å². The van der Waals surface area contributed by atoms with Crippen LogP contribution < -0.4 is 24.6 Å². The lowest BCUT2D eigenvalue weighted by molar-refractivity contribution is 0.368. The average molecular weight is 352 g/mol. The first kappa shape index (κ1) is 17.3. The van der Waals surface area contributed by atoms with Gasteiger partial charge in [0.25, 0.3) is 0 Å². The van der Waals surface area contributed by atoms with E-state index in [1.165, 1.54) is 0 Å². The monoisotopic (exact) mass is 352 g/mol. The van der Waals surface area contributed by atoms with Gasteiger partial charge in [0, 0.05) is 10.6 Å². The molecule has 0 atom stereocenters. The fourth-order valence-electron chi connectivity index (χ4n) is 2.57. The van der Waals surface area contributed by atoms with Crippen molar-refractivity contribution in [1.29, 1.82) is 0 Å². The third-order valence-corrected chi connectivity index (χ3v) is 5.67. The molecule has 0 N–H and O–H groups in total. The molecule has 0 amide bonds. The summed E-state index contributed by atoms with van der Waals surface area (Å²) in [7, 11) is 2.25. The molecule has 0 radical (unpaired) electrons. The van der Waals surface area contributed by atoms with E-state index in [1.54, 1.807) is 14.2 Å². The molecule has 128 valence electrons. The van der Waals surface area contributed by atoms with Crippen molar-refractivity contribution in [1.82, 2.24) is 0 Å². The van der Waals surface area contributed by atoms with Crippen LogP contribution in [0.2, 0.25) is 0 Å². The molecule has 0 aliphatic heterocycles. The number of hydrogen-bond acceptors (Lipinski definition) is 3. The molecule has 0 saturated carbocycles. The van der Waals surface area contributed by atoms with Crippen LogP contribution in [0.15, 0.2) is 72.8 Å². The van der Waals surface area contributed by atoms with Gasteiger partial charge in [-0.15, -0.1) is 0 Å². The van der Waals surface area contributed by atoms with E-state index in [0.717, 1.165) is 16.2 Å². The zero-order chi connectivity index (χ0) is 17.6. The second-order valence-corrected chi connectivity index (χ2v) is 7.36. The smallest absolute Gasteiger partial charge is 0.207 e. The first-order valence-electron chi connectivity index (χ1n) is 8.03. The molecule has 0 fully saturated rings. The van der Waals surface area contributed by atoms with Crippen LogP contribution in [-0.2, 0) is 0 Å². The lowest BCUT2D eigenvalue weighted by Crippen LogP contribution is -2.16. The summed E-state index contributed by atoms with van der Waals surface area (Å²) in [6.45, 7) is 2.01. The Labute approximate surface area is 150 Å². The highest BCUT2D eigenvalue weighted by Gasteiger charge is 2.22. The highest BCUT2D eigenvalue weighted by Crippen LogP contribution is 2.46. The highest BCUT2D eigenvalue weighted by atomic mass is 31.1. The number of methoxy groups -OCH3 is 2. The van der Waals surface area contributed by atoms with Crippen LogP contribution in [0, 0.1) is 6.92 Å². The maximum Gasteiger partial charge on any atom is 0.207 e. The summed E-state index contributed by atoms with van der Waals surface area (Å²) in [5.74, 6) is 1.99. The van der Waals surface area contributed by atoms with Gasteiger partial charge < -0.3 is 14.0 Å². The molecule has 0 aromatic heterocycles. The summed E-state index contributed by atoms with van der Waals surface area (Å²) in [5.41, 5.74) is 1.06. The van der Waals surface area contributed by atoms with Crippen molar-refractivity contribution in [3.63, 3.8) is 0 Å². The molecule has 4 heteroatoms. The molecule has 3 aromatic rings. The van der Waals surface area contributed by atoms with Crippen LogP contribution in [0.5, 0.6) is 17.2 Å². The Balaban J connectivity index is 2.08. The summed E-state index contributed by atoms with van der Waals surface area (Å²) in [6.07, 6.45) is 0. The Bertz CT molecular complexity index is 755. The van der Waals surface area contributed by atoms with E-state index in [9.17, 15) is 0 Å².